The van der Waals surface area contributed by atoms with Gasteiger partial charge >= 0.3 is 0 Å². The Bertz CT molecular complexity index is 764. The van der Waals surface area contributed by atoms with Gasteiger partial charge in [-0.2, -0.15) is 0 Å². The minimum Gasteiger partial charge on any atom is -0.492 e. The lowest BCUT2D eigenvalue weighted by Crippen LogP contribution is -2.40. The molecular formula is C19H19ClN2O3. The van der Waals surface area contributed by atoms with Crippen LogP contribution in [0.3, 0.4) is 0 Å². The minimum atomic E-state index is -0.664. The second kappa shape index (κ2) is 8.03. The van der Waals surface area contributed by atoms with Gasteiger partial charge in [0.2, 0.25) is 6.10 Å². The van der Waals surface area contributed by atoms with Crippen LogP contribution in [-0.4, -0.2) is 30.9 Å². The third-order valence-corrected chi connectivity index (χ3v) is 4.30. The number of rotatable bonds is 6. The normalized spacial score (nSPS) is 19.0. The molecule has 1 aliphatic heterocycles. The first-order valence-electron chi connectivity index (χ1n) is 8.11. The van der Waals surface area contributed by atoms with E-state index in [2.05, 4.69) is 10.5 Å². The Morgan fingerprint density at radius 1 is 1.20 bits per heavy atom. The molecule has 1 N–H and O–H groups in total. The fourth-order valence-corrected chi connectivity index (χ4v) is 2.86. The van der Waals surface area contributed by atoms with Gasteiger partial charge in [-0.05, 0) is 18.2 Å². The lowest BCUT2D eigenvalue weighted by Gasteiger charge is -2.15. The third kappa shape index (κ3) is 4.12. The van der Waals surface area contributed by atoms with Crippen molar-refractivity contribution < 1.29 is 14.4 Å². The van der Waals surface area contributed by atoms with Crippen molar-refractivity contribution in [2.45, 2.75) is 13.0 Å². The van der Waals surface area contributed by atoms with Crippen molar-refractivity contribution in [3.05, 3.63) is 65.2 Å². The number of para-hydroxylation sites is 1. The molecule has 3 rings (SSSR count). The van der Waals surface area contributed by atoms with Gasteiger partial charge in [-0.1, -0.05) is 60.1 Å². The van der Waals surface area contributed by atoms with Crippen LogP contribution in [0.1, 0.15) is 12.5 Å². The van der Waals surface area contributed by atoms with Gasteiger partial charge in [0.15, 0.2) is 0 Å². The molecule has 0 aromatic heterocycles. The number of hydrogen-bond donors (Lipinski definition) is 1. The molecule has 0 bridgehead atoms. The maximum absolute atomic E-state index is 12.3. The zero-order chi connectivity index (χ0) is 17.6. The van der Waals surface area contributed by atoms with Crippen molar-refractivity contribution in [3.63, 3.8) is 0 Å². The highest BCUT2D eigenvalue weighted by Crippen LogP contribution is 2.27. The molecule has 0 saturated heterocycles. The quantitative estimate of drug-likeness (QED) is 0.806. The van der Waals surface area contributed by atoms with Gasteiger partial charge in [0.05, 0.1) is 18.2 Å². The fourth-order valence-electron chi connectivity index (χ4n) is 2.63. The summed E-state index contributed by atoms with van der Waals surface area (Å²) in [7, 11) is 0. The fraction of sp³-hybridized carbons (Fsp3) is 0.263. The molecular weight excluding hydrogens is 340 g/mol. The highest BCUT2D eigenvalue weighted by molar-refractivity contribution is 6.34. The first-order chi connectivity index (χ1) is 12.2. The van der Waals surface area contributed by atoms with Crippen LogP contribution in [0, 0.1) is 5.92 Å². The lowest BCUT2D eigenvalue weighted by atomic mass is 9.94. The Kier molecular flexibility index (Phi) is 5.56. The summed E-state index contributed by atoms with van der Waals surface area (Å²) in [5.74, 6) is 0.372. The average molecular weight is 359 g/mol. The number of carbonyl (C=O) groups is 1. The Labute approximate surface area is 151 Å². The zero-order valence-electron chi connectivity index (χ0n) is 13.8. The maximum Gasteiger partial charge on any atom is 0.264 e. The molecule has 0 saturated carbocycles. The van der Waals surface area contributed by atoms with Crippen LogP contribution >= 0.6 is 11.6 Å². The lowest BCUT2D eigenvalue weighted by molar-refractivity contribution is -0.132. The van der Waals surface area contributed by atoms with E-state index in [1.807, 2.05) is 55.5 Å². The molecule has 1 aliphatic rings. The molecule has 0 spiro atoms. The molecule has 2 atom stereocenters. The van der Waals surface area contributed by atoms with Gasteiger partial charge in [0.1, 0.15) is 12.4 Å². The number of hydrogen-bond acceptors (Lipinski definition) is 4. The topological polar surface area (TPSA) is 59.9 Å². The van der Waals surface area contributed by atoms with Gasteiger partial charge in [0, 0.05) is 10.6 Å². The number of halogens is 1. The van der Waals surface area contributed by atoms with Crippen molar-refractivity contribution in [1.29, 1.82) is 0 Å². The molecule has 1 heterocycles. The van der Waals surface area contributed by atoms with Gasteiger partial charge in [-0.15, -0.1) is 0 Å². The van der Waals surface area contributed by atoms with E-state index in [1.165, 1.54) is 0 Å². The number of oxime groups is 1. The van der Waals surface area contributed by atoms with E-state index in [9.17, 15) is 4.79 Å². The Morgan fingerprint density at radius 3 is 2.68 bits per heavy atom. The minimum absolute atomic E-state index is 0.185. The Hall–Kier alpha value is -2.53. The summed E-state index contributed by atoms with van der Waals surface area (Å²) in [4.78, 5) is 17.7. The predicted molar refractivity (Wildman–Crippen MR) is 97.0 cm³/mol. The van der Waals surface area contributed by atoms with Crippen LogP contribution in [-0.2, 0) is 9.63 Å². The standard InChI is InChI=1S/C19H19ClN2O3/c1-13-17(15-9-5-6-10-16(15)20)22-25-18(13)19(23)21-11-12-24-14-7-3-2-4-8-14/h2-10,13,18H,11-12H2,1H3,(H,21,23). The molecule has 130 valence electrons. The van der Waals surface area contributed by atoms with E-state index in [4.69, 9.17) is 21.2 Å². The van der Waals surface area contributed by atoms with Crippen LogP contribution in [0.4, 0.5) is 0 Å². The van der Waals surface area contributed by atoms with E-state index < -0.39 is 6.10 Å². The molecule has 0 fully saturated rings. The Balaban J connectivity index is 1.50. The summed E-state index contributed by atoms with van der Waals surface area (Å²) in [6, 6.07) is 16.8. The van der Waals surface area contributed by atoms with Crippen molar-refractivity contribution in [2.24, 2.45) is 11.1 Å². The van der Waals surface area contributed by atoms with Crippen LogP contribution < -0.4 is 10.1 Å². The summed E-state index contributed by atoms with van der Waals surface area (Å²) < 4.78 is 5.55. The van der Waals surface area contributed by atoms with Crippen LogP contribution in [0.5, 0.6) is 5.75 Å². The molecule has 5 nitrogen and oxygen atoms in total. The predicted octanol–water partition coefficient (Wildman–Crippen LogP) is 3.27. The second-order valence-corrected chi connectivity index (χ2v) is 6.13. The molecule has 2 unspecified atom stereocenters. The summed E-state index contributed by atoms with van der Waals surface area (Å²) in [6.45, 7) is 2.68. The van der Waals surface area contributed by atoms with Crippen LogP contribution in [0.2, 0.25) is 5.02 Å². The summed E-state index contributed by atoms with van der Waals surface area (Å²) in [5, 5.41) is 7.47. The molecule has 2 aromatic rings. The second-order valence-electron chi connectivity index (χ2n) is 5.72. The van der Waals surface area contributed by atoms with Gasteiger partial charge < -0.3 is 14.9 Å². The van der Waals surface area contributed by atoms with Crippen LogP contribution in [0.15, 0.2) is 59.8 Å². The molecule has 1 amide bonds. The largest absolute Gasteiger partial charge is 0.492 e. The van der Waals surface area contributed by atoms with E-state index in [-0.39, 0.29) is 11.8 Å². The average Bonchev–Trinajstić information content (AvgIpc) is 3.01. The number of nitrogens with zero attached hydrogens (tertiary/aromatic N) is 1. The summed E-state index contributed by atoms with van der Waals surface area (Å²) >= 11 is 6.20. The molecule has 0 aliphatic carbocycles. The Morgan fingerprint density at radius 2 is 1.92 bits per heavy atom. The van der Waals surface area contributed by atoms with Crippen molar-refractivity contribution in [2.75, 3.05) is 13.2 Å². The molecule has 6 heteroatoms. The number of carbonyl (C=O) groups excluding carboxylic acids is 1. The molecule has 0 radical (unpaired) electrons. The van der Waals surface area contributed by atoms with E-state index in [0.717, 1.165) is 11.3 Å². The monoisotopic (exact) mass is 358 g/mol. The van der Waals surface area contributed by atoms with E-state index in [0.29, 0.717) is 23.9 Å². The zero-order valence-corrected chi connectivity index (χ0v) is 14.6. The number of amides is 1. The summed E-state index contributed by atoms with van der Waals surface area (Å²) in [6.07, 6.45) is -0.664. The third-order valence-electron chi connectivity index (χ3n) is 3.97. The van der Waals surface area contributed by atoms with Gasteiger partial charge in [-0.25, -0.2) is 0 Å². The van der Waals surface area contributed by atoms with Crippen molar-refractivity contribution in [3.8, 4) is 5.75 Å². The first-order valence-corrected chi connectivity index (χ1v) is 8.49. The van der Waals surface area contributed by atoms with Gasteiger partial charge in [-0.3, -0.25) is 4.79 Å². The highest BCUT2D eigenvalue weighted by atomic mass is 35.5. The van der Waals surface area contributed by atoms with Crippen molar-refractivity contribution in [1.82, 2.24) is 5.32 Å². The number of benzene rings is 2. The maximum atomic E-state index is 12.3. The molecule has 2 aromatic carbocycles. The van der Waals surface area contributed by atoms with Crippen molar-refractivity contribution >= 4 is 23.2 Å². The number of nitrogens with one attached hydrogen (secondary N) is 1. The SMILES string of the molecule is CC1C(c2ccccc2Cl)=NOC1C(=O)NCCOc1ccccc1. The van der Waals surface area contributed by atoms with E-state index in [1.54, 1.807) is 6.07 Å². The smallest absolute Gasteiger partial charge is 0.264 e. The van der Waals surface area contributed by atoms with Gasteiger partial charge in [0.25, 0.3) is 5.91 Å². The van der Waals surface area contributed by atoms with Crippen LogP contribution in [0.25, 0.3) is 0 Å². The molecule has 25 heavy (non-hydrogen) atoms. The first kappa shape index (κ1) is 17.3. The van der Waals surface area contributed by atoms with E-state index >= 15 is 0 Å². The summed E-state index contributed by atoms with van der Waals surface area (Å²) in [5.41, 5.74) is 1.48. The highest BCUT2D eigenvalue weighted by Gasteiger charge is 2.37. The number of ether oxygens (including phenoxy) is 1.